The van der Waals surface area contributed by atoms with E-state index < -0.39 is 5.54 Å². The van der Waals surface area contributed by atoms with Crippen LogP contribution in [0, 0.1) is 0 Å². The molecule has 1 aliphatic heterocycles. The highest BCUT2D eigenvalue weighted by atomic mass is 16.3. The number of aliphatic hydroxyl groups is 1. The van der Waals surface area contributed by atoms with Crippen LogP contribution in [0.3, 0.4) is 0 Å². The smallest absolute Gasteiger partial charge is 0.143 e. The topological polar surface area (TPSA) is 91.7 Å². The van der Waals surface area contributed by atoms with E-state index >= 15 is 0 Å². The number of aliphatic hydroxyl groups excluding tert-OH is 1. The summed E-state index contributed by atoms with van der Waals surface area (Å²) in [7, 11) is 0. The lowest BCUT2D eigenvalue weighted by atomic mass is 9.84. The van der Waals surface area contributed by atoms with Crippen LogP contribution in [0.15, 0.2) is 35.6 Å². The van der Waals surface area contributed by atoms with Gasteiger partial charge in [0, 0.05) is 19.0 Å². The molecule has 1 aromatic heterocycles. The fourth-order valence-corrected chi connectivity index (χ4v) is 1.91. The van der Waals surface area contributed by atoms with Gasteiger partial charge in [0.15, 0.2) is 0 Å². The highest BCUT2D eigenvalue weighted by Gasteiger charge is 2.34. The Hall–Kier alpha value is -1.72. The number of nitrogens with zero attached hydrogens (tertiary/aromatic N) is 2. The summed E-state index contributed by atoms with van der Waals surface area (Å²) in [5.41, 5.74) is 6.36. The van der Waals surface area contributed by atoms with Gasteiger partial charge in [-0.3, -0.25) is 9.98 Å². The minimum absolute atomic E-state index is 0.0308. The number of aromatic nitrogens is 1. The Balaban J connectivity index is 2.45. The number of hydrogen-bond donors (Lipinski definition) is 3. The molecule has 2 heterocycles. The fourth-order valence-electron chi connectivity index (χ4n) is 1.91. The normalized spacial score (nSPS) is 23.5. The van der Waals surface area contributed by atoms with Crippen molar-refractivity contribution in [1.29, 1.82) is 0 Å². The second-order valence-electron chi connectivity index (χ2n) is 4.07. The number of hydrogen-bond acceptors (Lipinski definition) is 5. The first kappa shape index (κ1) is 11.8. The van der Waals surface area contributed by atoms with Gasteiger partial charge in [0.1, 0.15) is 11.4 Å². The molecule has 0 radical (unpaired) electrons. The lowest BCUT2D eigenvalue weighted by Crippen LogP contribution is -2.50. The molecular weight excluding hydrogens is 218 g/mol. The Morgan fingerprint density at radius 1 is 1.47 bits per heavy atom. The van der Waals surface area contributed by atoms with Crippen LogP contribution in [0.2, 0.25) is 0 Å². The predicted molar refractivity (Wildman–Crippen MR) is 64.8 cm³/mol. The van der Waals surface area contributed by atoms with Crippen molar-refractivity contribution in [3.05, 3.63) is 36.3 Å². The van der Waals surface area contributed by atoms with Crippen molar-refractivity contribution in [2.45, 2.75) is 18.4 Å². The summed E-state index contributed by atoms with van der Waals surface area (Å²) in [4.78, 5) is 8.31. The molecule has 1 aromatic rings. The van der Waals surface area contributed by atoms with Crippen LogP contribution in [0.5, 0.6) is 5.75 Å². The molecule has 1 unspecified atom stereocenters. The summed E-state index contributed by atoms with van der Waals surface area (Å²) >= 11 is 0. The summed E-state index contributed by atoms with van der Waals surface area (Å²) in [6.07, 6.45) is 6.02. The van der Waals surface area contributed by atoms with Gasteiger partial charge in [0.2, 0.25) is 0 Å². The van der Waals surface area contributed by atoms with Crippen molar-refractivity contribution < 1.29 is 10.2 Å². The first-order valence-corrected chi connectivity index (χ1v) is 5.45. The van der Waals surface area contributed by atoms with Crippen molar-refractivity contribution >= 4 is 5.71 Å². The molecule has 5 heteroatoms. The molecule has 4 N–H and O–H groups in total. The number of rotatable bonds is 3. The van der Waals surface area contributed by atoms with Gasteiger partial charge in [-0.25, -0.2) is 0 Å². The largest absolute Gasteiger partial charge is 0.506 e. The van der Waals surface area contributed by atoms with Gasteiger partial charge >= 0.3 is 0 Å². The second-order valence-corrected chi connectivity index (χ2v) is 4.07. The summed E-state index contributed by atoms with van der Waals surface area (Å²) in [5, 5.41) is 18.9. The van der Waals surface area contributed by atoms with Gasteiger partial charge in [0.25, 0.3) is 0 Å². The van der Waals surface area contributed by atoms with Crippen molar-refractivity contribution in [3.63, 3.8) is 0 Å². The van der Waals surface area contributed by atoms with Crippen LogP contribution in [-0.4, -0.2) is 33.1 Å². The number of aliphatic imine (C=N–C) groups is 1. The third-order valence-corrected chi connectivity index (χ3v) is 2.83. The molecule has 2 rings (SSSR count). The first-order chi connectivity index (χ1) is 8.17. The van der Waals surface area contributed by atoms with E-state index in [4.69, 9.17) is 10.8 Å². The van der Waals surface area contributed by atoms with E-state index in [1.54, 1.807) is 24.5 Å². The monoisotopic (exact) mass is 233 g/mol. The van der Waals surface area contributed by atoms with E-state index in [1.165, 1.54) is 0 Å². The van der Waals surface area contributed by atoms with E-state index in [1.807, 2.05) is 6.08 Å². The minimum Gasteiger partial charge on any atom is -0.506 e. The Kier molecular flexibility index (Phi) is 3.21. The highest BCUT2D eigenvalue weighted by molar-refractivity contribution is 6.08. The molecule has 0 saturated heterocycles. The van der Waals surface area contributed by atoms with Crippen LogP contribution in [-0.2, 0) is 0 Å². The lowest BCUT2D eigenvalue weighted by Gasteiger charge is -2.31. The summed E-state index contributed by atoms with van der Waals surface area (Å²) in [6, 6.07) is 3.19. The van der Waals surface area contributed by atoms with Crippen LogP contribution in [0.4, 0.5) is 0 Å². The Morgan fingerprint density at radius 2 is 2.29 bits per heavy atom. The average Bonchev–Trinajstić information content (AvgIpc) is 2.31. The van der Waals surface area contributed by atoms with Crippen LogP contribution < -0.4 is 5.73 Å². The van der Waals surface area contributed by atoms with E-state index in [0.29, 0.717) is 24.2 Å². The number of nitrogens with two attached hydrogens (primary N) is 1. The highest BCUT2D eigenvalue weighted by Crippen LogP contribution is 2.26. The molecule has 0 bridgehead atoms. The Labute approximate surface area is 99.3 Å². The van der Waals surface area contributed by atoms with Crippen LogP contribution in [0.1, 0.15) is 18.5 Å². The molecule has 0 fully saturated rings. The standard InChI is InChI=1S/C12H15N3O2/c13-12(5-8-16)4-2-7-15-11(12)10-9(17)3-1-6-14-10/h1-3,6-7,16-17H,4-5,8,13H2. The van der Waals surface area contributed by atoms with Gasteiger partial charge in [-0.1, -0.05) is 6.08 Å². The van der Waals surface area contributed by atoms with Crippen molar-refractivity contribution in [2.75, 3.05) is 6.61 Å². The first-order valence-electron chi connectivity index (χ1n) is 5.45. The van der Waals surface area contributed by atoms with Crippen LogP contribution >= 0.6 is 0 Å². The third-order valence-electron chi connectivity index (χ3n) is 2.83. The van der Waals surface area contributed by atoms with E-state index in [9.17, 15) is 5.11 Å². The average molecular weight is 233 g/mol. The lowest BCUT2D eigenvalue weighted by molar-refractivity contribution is 0.262. The maximum absolute atomic E-state index is 9.78. The zero-order valence-corrected chi connectivity index (χ0v) is 9.37. The molecule has 0 amide bonds. The zero-order valence-electron chi connectivity index (χ0n) is 9.37. The van der Waals surface area contributed by atoms with Crippen molar-refractivity contribution in [1.82, 2.24) is 4.98 Å². The molecule has 5 nitrogen and oxygen atoms in total. The van der Waals surface area contributed by atoms with Gasteiger partial charge < -0.3 is 15.9 Å². The number of aromatic hydroxyl groups is 1. The minimum atomic E-state index is -0.769. The molecule has 0 spiro atoms. The number of pyridine rings is 1. The fraction of sp³-hybridized carbons (Fsp3) is 0.333. The van der Waals surface area contributed by atoms with Crippen molar-refractivity contribution in [3.8, 4) is 5.75 Å². The molecule has 90 valence electrons. The van der Waals surface area contributed by atoms with Crippen LogP contribution in [0.25, 0.3) is 0 Å². The van der Waals surface area contributed by atoms with E-state index in [2.05, 4.69) is 9.98 Å². The molecule has 0 saturated carbocycles. The Bertz CT molecular complexity index is 471. The molecule has 1 atom stereocenters. The second kappa shape index (κ2) is 4.65. The summed E-state index contributed by atoms with van der Waals surface area (Å²) in [6.45, 7) is -0.0308. The summed E-state index contributed by atoms with van der Waals surface area (Å²) in [5.74, 6) is 0.0503. The molecule has 1 aliphatic rings. The Morgan fingerprint density at radius 3 is 3.00 bits per heavy atom. The van der Waals surface area contributed by atoms with Crippen molar-refractivity contribution in [2.24, 2.45) is 10.7 Å². The maximum Gasteiger partial charge on any atom is 0.143 e. The van der Waals surface area contributed by atoms with Gasteiger partial charge in [-0.05, 0) is 25.0 Å². The molecule has 0 aromatic carbocycles. The third kappa shape index (κ3) is 2.20. The van der Waals surface area contributed by atoms with Gasteiger partial charge in [-0.2, -0.15) is 0 Å². The SMILES string of the molecule is NC1(CCO)CC=CN=C1c1ncccc1O. The summed E-state index contributed by atoms with van der Waals surface area (Å²) < 4.78 is 0. The quantitative estimate of drug-likeness (QED) is 0.711. The van der Waals surface area contributed by atoms with E-state index in [-0.39, 0.29) is 12.4 Å². The van der Waals surface area contributed by atoms with E-state index in [0.717, 1.165) is 0 Å². The predicted octanol–water partition coefficient (Wildman–Crippen LogP) is 0.574. The molecular formula is C12H15N3O2. The van der Waals surface area contributed by atoms with Gasteiger partial charge in [-0.15, -0.1) is 0 Å². The maximum atomic E-state index is 9.78. The molecule has 17 heavy (non-hydrogen) atoms. The van der Waals surface area contributed by atoms with Gasteiger partial charge in [0.05, 0.1) is 11.3 Å². The zero-order chi connectivity index (χ0) is 12.3. The molecule has 0 aliphatic carbocycles.